The van der Waals surface area contributed by atoms with Crippen LogP contribution in [0.4, 0.5) is 10.5 Å². The van der Waals surface area contributed by atoms with E-state index in [4.69, 9.17) is 10.5 Å². The Morgan fingerprint density at radius 1 is 0.957 bits per heavy atom. The minimum atomic E-state index is -3.75. The number of nitrogens with zero attached hydrogens (tertiary/aromatic N) is 1. The van der Waals surface area contributed by atoms with E-state index in [0.29, 0.717) is 50.6 Å². The highest BCUT2D eigenvalue weighted by atomic mass is 32.2. The van der Waals surface area contributed by atoms with Crippen LogP contribution in [0.5, 0.6) is 0 Å². The van der Waals surface area contributed by atoms with E-state index < -0.39 is 28.1 Å². The second-order valence-corrected chi connectivity index (χ2v) is 14.1. The van der Waals surface area contributed by atoms with Gasteiger partial charge in [0, 0.05) is 37.3 Å². The number of methoxy groups -OCH3 is 1. The summed E-state index contributed by atoms with van der Waals surface area (Å²) in [5.41, 5.74) is 8.11. The number of hydrogen-bond donors (Lipinski definition) is 4. The Balaban J connectivity index is 1.46. The maximum atomic E-state index is 13.8. The lowest BCUT2D eigenvalue weighted by Crippen LogP contribution is -2.50. The van der Waals surface area contributed by atoms with E-state index in [1.54, 1.807) is 28.6 Å². The Kier molecular flexibility index (Phi) is 12.6. The van der Waals surface area contributed by atoms with Crippen molar-refractivity contribution >= 4 is 27.7 Å². The van der Waals surface area contributed by atoms with Crippen molar-refractivity contribution in [3.05, 3.63) is 96.1 Å². The van der Waals surface area contributed by atoms with Gasteiger partial charge in [0.15, 0.2) is 0 Å². The molecule has 0 aromatic heterocycles. The van der Waals surface area contributed by atoms with Gasteiger partial charge < -0.3 is 26.4 Å². The zero-order valence-corrected chi connectivity index (χ0v) is 27.7. The number of benzene rings is 3. The standard InChI is InChI=1S/C35H47N5O5S/c1-25(2)20-22-40(46(43,44)30-18-16-29(36)17-19-30)31-24-37-23-28(31)15-10-21-38-34(41)33(39-35(42)45-3)32(26-11-6-4-7-12-26)27-13-8-5-9-14-27/h4-9,11-14,16-19,25,28,31-33,37H,10,15,20-24,36H2,1-3H3,(H,38,41)(H,39,42)/t28-,31-,33?/m1/s1. The van der Waals surface area contributed by atoms with Crippen molar-refractivity contribution < 1.29 is 22.7 Å². The summed E-state index contributed by atoms with van der Waals surface area (Å²) >= 11 is 0. The van der Waals surface area contributed by atoms with Crippen LogP contribution in [0.2, 0.25) is 0 Å². The quantitative estimate of drug-likeness (QED) is 0.142. The average Bonchev–Trinajstić information content (AvgIpc) is 3.51. The Morgan fingerprint density at radius 2 is 1.57 bits per heavy atom. The minimum Gasteiger partial charge on any atom is -0.453 e. The van der Waals surface area contributed by atoms with Crippen LogP contribution < -0.4 is 21.7 Å². The highest BCUT2D eigenvalue weighted by molar-refractivity contribution is 7.89. The van der Waals surface area contributed by atoms with Gasteiger partial charge in [-0.1, -0.05) is 74.5 Å². The average molecular weight is 650 g/mol. The molecule has 11 heteroatoms. The molecule has 1 fully saturated rings. The third-order valence-corrected chi connectivity index (χ3v) is 10.5. The topological polar surface area (TPSA) is 143 Å². The molecule has 3 aromatic carbocycles. The van der Waals surface area contributed by atoms with E-state index in [9.17, 15) is 18.0 Å². The summed E-state index contributed by atoms with van der Waals surface area (Å²) in [5.74, 6) is -0.362. The number of carbonyl (C=O) groups excluding carboxylic acids is 2. The van der Waals surface area contributed by atoms with Crippen molar-refractivity contribution in [2.75, 3.05) is 39.0 Å². The number of ether oxygens (including phenoxy) is 1. The Morgan fingerprint density at radius 3 is 2.13 bits per heavy atom. The fraction of sp³-hybridized carbons (Fsp3) is 0.429. The van der Waals surface area contributed by atoms with Crippen LogP contribution >= 0.6 is 0 Å². The lowest BCUT2D eigenvalue weighted by Gasteiger charge is -2.32. The second-order valence-electron chi connectivity index (χ2n) is 12.2. The van der Waals surface area contributed by atoms with E-state index in [1.165, 1.54) is 7.11 Å². The van der Waals surface area contributed by atoms with E-state index in [2.05, 4.69) is 29.8 Å². The molecular weight excluding hydrogens is 602 g/mol. The van der Waals surface area contributed by atoms with E-state index >= 15 is 0 Å². The number of sulfonamides is 1. The first-order valence-corrected chi connectivity index (χ1v) is 17.4. The summed E-state index contributed by atoms with van der Waals surface area (Å²) in [5, 5.41) is 9.19. The molecule has 1 unspecified atom stereocenters. The van der Waals surface area contributed by atoms with Crippen LogP contribution in [0, 0.1) is 11.8 Å². The molecule has 3 aromatic rings. The molecule has 248 valence electrons. The molecule has 1 aliphatic rings. The van der Waals surface area contributed by atoms with Crippen LogP contribution in [0.15, 0.2) is 89.8 Å². The van der Waals surface area contributed by atoms with Gasteiger partial charge in [0.1, 0.15) is 6.04 Å². The van der Waals surface area contributed by atoms with Crippen LogP contribution in [-0.4, -0.2) is 70.1 Å². The fourth-order valence-corrected chi connectivity index (χ4v) is 7.75. The molecular formula is C35H47N5O5S. The first kappa shape index (κ1) is 34.9. The third-order valence-electron chi connectivity index (χ3n) is 8.53. The van der Waals surface area contributed by atoms with E-state index in [0.717, 1.165) is 17.5 Å². The second kappa shape index (κ2) is 16.6. The van der Waals surface area contributed by atoms with Crippen LogP contribution in [0.25, 0.3) is 0 Å². The summed E-state index contributed by atoms with van der Waals surface area (Å²) < 4.78 is 34.2. The molecule has 5 N–H and O–H groups in total. The summed E-state index contributed by atoms with van der Waals surface area (Å²) in [6, 6.07) is 24.4. The molecule has 0 radical (unpaired) electrons. The van der Waals surface area contributed by atoms with Gasteiger partial charge in [0.25, 0.3) is 0 Å². The van der Waals surface area contributed by atoms with Gasteiger partial charge in [0.05, 0.1) is 12.0 Å². The minimum absolute atomic E-state index is 0.0676. The van der Waals surface area contributed by atoms with Gasteiger partial charge in [-0.3, -0.25) is 4.79 Å². The maximum absolute atomic E-state index is 13.8. The normalized spacial score (nSPS) is 17.3. The van der Waals surface area contributed by atoms with Crippen LogP contribution in [0.1, 0.15) is 50.2 Å². The number of nitrogens with one attached hydrogen (secondary N) is 3. The highest BCUT2D eigenvalue weighted by Gasteiger charge is 2.39. The van der Waals surface area contributed by atoms with Crippen molar-refractivity contribution in [3.8, 4) is 0 Å². The number of hydrogen-bond acceptors (Lipinski definition) is 7. The first-order chi connectivity index (χ1) is 22.1. The molecule has 0 spiro atoms. The predicted molar refractivity (Wildman–Crippen MR) is 181 cm³/mol. The molecule has 0 saturated carbocycles. The van der Waals surface area contributed by atoms with Crippen molar-refractivity contribution in [2.24, 2.45) is 11.8 Å². The Bertz CT molecular complexity index is 1460. The predicted octanol–water partition coefficient (Wildman–Crippen LogP) is 4.35. The zero-order chi connectivity index (χ0) is 33.1. The Hall–Kier alpha value is -3.93. The van der Waals surface area contributed by atoms with E-state index in [-0.39, 0.29) is 22.8 Å². The molecule has 0 aliphatic carbocycles. The van der Waals surface area contributed by atoms with Gasteiger partial charge in [-0.25, -0.2) is 13.2 Å². The molecule has 1 heterocycles. The van der Waals surface area contributed by atoms with Crippen LogP contribution in [0.3, 0.4) is 0 Å². The molecule has 0 bridgehead atoms. The first-order valence-electron chi connectivity index (χ1n) is 15.9. The highest BCUT2D eigenvalue weighted by Crippen LogP contribution is 2.30. The van der Waals surface area contributed by atoms with Gasteiger partial charge in [0.2, 0.25) is 15.9 Å². The van der Waals surface area contributed by atoms with Crippen molar-refractivity contribution in [1.82, 2.24) is 20.3 Å². The molecule has 3 atom stereocenters. The van der Waals surface area contributed by atoms with Gasteiger partial charge >= 0.3 is 6.09 Å². The summed E-state index contributed by atoms with van der Waals surface area (Å²) in [6.45, 7) is 6.21. The maximum Gasteiger partial charge on any atom is 0.407 e. The largest absolute Gasteiger partial charge is 0.453 e. The molecule has 1 saturated heterocycles. The van der Waals surface area contributed by atoms with Crippen LogP contribution in [-0.2, 0) is 19.6 Å². The number of nitrogen functional groups attached to an aromatic ring is 1. The monoisotopic (exact) mass is 649 g/mol. The van der Waals surface area contributed by atoms with Gasteiger partial charge in [-0.2, -0.15) is 4.31 Å². The van der Waals surface area contributed by atoms with Gasteiger partial charge in [-0.05, 0) is 73.0 Å². The lowest BCUT2D eigenvalue weighted by molar-refractivity contribution is -0.123. The number of carbonyl (C=O) groups is 2. The number of nitrogens with two attached hydrogens (primary N) is 1. The fourth-order valence-electron chi connectivity index (χ4n) is 6.05. The number of rotatable bonds is 15. The lowest BCUT2D eigenvalue weighted by atomic mass is 9.84. The van der Waals surface area contributed by atoms with Crippen molar-refractivity contribution in [2.45, 2.75) is 56.0 Å². The molecule has 2 amide bonds. The third kappa shape index (κ3) is 9.08. The summed E-state index contributed by atoms with van der Waals surface area (Å²) in [4.78, 5) is 26.4. The number of alkyl carbamates (subject to hydrolysis) is 1. The SMILES string of the molecule is COC(=O)NC(C(=O)NCCC[C@@H]1CNC[C@H]1N(CCC(C)C)S(=O)(=O)c1ccc(N)cc1)C(c1ccccc1)c1ccccc1. The number of anilines is 1. The Labute approximate surface area is 273 Å². The molecule has 10 nitrogen and oxygen atoms in total. The molecule has 1 aliphatic heterocycles. The van der Waals surface area contributed by atoms with Crippen molar-refractivity contribution in [1.29, 1.82) is 0 Å². The number of amides is 2. The van der Waals surface area contributed by atoms with Crippen molar-refractivity contribution in [3.63, 3.8) is 0 Å². The summed E-state index contributed by atoms with van der Waals surface area (Å²) in [7, 11) is -2.47. The molecule has 4 rings (SSSR count). The smallest absolute Gasteiger partial charge is 0.407 e. The zero-order valence-electron chi connectivity index (χ0n) is 26.9. The van der Waals surface area contributed by atoms with E-state index in [1.807, 2.05) is 60.7 Å². The molecule has 46 heavy (non-hydrogen) atoms. The van der Waals surface area contributed by atoms with Gasteiger partial charge in [-0.15, -0.1) is 0 Å². The summed E-state index contributed by atoms with van der Waals surface area (Å²) in [6.07, 6.45) is 1.40.